The van der Waals surface area contributed by atoms with Crippen LogP contribution in [0.2, 0.25) is 5.15 Å². The van der Waals surface area contributed by atoms with Gasteiger partial charge in [-0.3, -0.25) is 19.2 Å². The van der Waals surface area contributed by atoms with Gasteiger partial charge in [0.2, 0.25) is 17.7 Å². The summed E-state index contributed by atoms with van der Waals surface area (Å²) >= 11 is 6.07. The molecule has 5 amide bonds. The lowest BCUT2D eigenvalue weighted by Gasteiger charge is -2.24. The number of aromatic nitrogens is 2. The molecule has 15 nitrogen and oxygen atoms in total. The maximum absolute atomic E-state index is 12.8. The second kappa shape index (κ2) is 19.4. The van der Waals surface area contributed by atoms with Crippen LogP contribution in [-0.4, -0.2) is 97.8 Å². The number of hydrogen-bond acceptors (Lipinski definition) is 10. The van der Waals surface area contributed by atoms with Gasteiger partial charge in [0, 0.05) is 17.6 Å². The summed E-state index contributed by atoms with van der Waals surface area (Å²) in [5, 5.41) is 11.3. The monoisotopic (exact) mass is 637 g/mol. The Kier molecular flexibility index (Phi) is 16.0. The third kappa shape index (κ3) is 13.6. The van der Waals surface area contributed by atoms with E-state index in [9.17, 15) is 24.0 Å². The molecule has 0 radical (unpaired) electrons. The van der Waals surface area contributed by atoms with Gasteiger partial charge in [-0.25, -0.2) is 14.8 Å². The van der Waals surface area contributed by atoms with Crippen molar-refractivity contribution in [1.82, 2.24) is 25.9 Å². The first-order chi connectivity index (χ1) is 21.0. The number of amides is 5. The summed E-state index contributed by atoms with van der Waals surface area (Å²) in [6.07, 6.45) is 2.10. The first-order valence-electron chi connectivity index (χ1n) is 14.0. The van der Waals surface area contributed by atoms with Crippen molar-refractivity contribution in [3.05, 3.63) is 29.7 Å². The fraction of sp³-hybridized carbons (Fsp3) is 0.536. The number of benzene rings is 1. The summed E-state index contributed by atoms with van der Waals surface area (Å²) in [6, 6.07) is 2.79. The van der Waals surface area contributed by atoms with E-state index in [0.717, 1.165) is 0 Å². The summed E-state index contributed by atoms with van der Waals surface area (Å²) in [6.45, 7) is 5.35. The first-order valence-corrected chi connectivity index (χ1v) is 14.4. The Hall–Kier alpha value is -3.92. The Morgan fingerprint density at radius 3 is 2.23 bits per heavy atom. The van der Waals surface area contributed by atoms with Crippen molar-refractivity contribution in [3.8, 4) is 0 Å². The highest BCUT2D eigenvalue weighted by Crippen LogP contribution is 2.22. The molecule has 0 saturated carbocycles. The number of ether oxygens (including phenoxy) is 3. The second-order valence-corrected chi connectivity index (χ2v) is 10.4. The molecule has 0 saturated heterocycles. The number of halogens is 1. The van der Waals surface area contributed by atoms with Crippen LogP contribution in [0.15, 0.2) is 24.5 Å². The number of nitrogens with one attached hydrogen (secondary N) is 4. The van der Waals surface area contributed by atoms with Gasteiger partial charge in [0.05, 0.1) is 38.0 Å². The summed E-state index contributed by atoms with van der Waals surface area (Å²) in [5.74, 6) is -1.85. The Labute approximate surface area is 260 Å². The summed E-state index contributed by atoms with van der Waals surface area (Å²) in [7, 11) is 0. The van der Waals surface area contributed by atoms with E-state index in [1.165, 1.54) is 13.3 Å². The Morgan fingerprint density at radius 1 is 0.932 bits per heavy atom. The van der Waals surface area contributed by atoms with Crippen LogP contribution >= 0.6 is 11.6 Å². The normalized spacial score (nSPS) is 12.4. The topological polar surface area (TPSA) is 213 Å². The van der Waals surface area contributed by atoms with Gasteiger partial charge in [-0.1, -0.05) is 25.4 Å². The van der Waals surface area contributed by atoms with Gasteiger partial charge in [0.1, 0.15) is 30.7 Å². The van der Waals surface area contributed by atoms with E-state index in [1.807, 2.05) is 0 Å². The van der Waals surface area contributed by atoms with Crippen LogP contribution in [0.1, 0.15) is 33.6 Å². The zero-order valence-electron chi connectivity index (χ0n) is 25.0. The van der Waals surface area contributed by atoms with Crippen molar-refractivity contribution in [2.24, 2.45) is 11.7 Å². The summed E-state index contributed by atoms with van der Waals surface area (Å²) in [4.78, 5) is 68.1. The van der Waals surface area contributed by atoms with Crippen molar-refractivity contribution in [2.45, 2.75) is 45.7 Å². The van der Waals surface area contributed by atoms with E-state index < -0.39 is 29.9 Å². The van der Waals surface area contributed by atoms with Gasteiger partial charge in [-0.05, 0) is 43.9 Å². The summed E-state index contributed by atoms with van der Waals surface area (Å²) in [5.41, 5.74) is 6.22. The van der Waals surface area contributed by atoms with Crippen molar-refractivity contribution in [2.75, 3.05) is 51.5 Å². The van der Waals surface area contributed by atoms with Crippen LogP contribution in [0.25, 0.3) is 10.9 Å². The van der Waals surface area contributed by atoms with Crippen LogP contribution in [0, 0.1) is 5.92 Å². The van der Waals surface area contributed by atoms with Gasteiger partial charge >= 0.3 is 6.03 Å². The minimum Gasteiger partial charge on any atom is -0.377 e. The van der Waals surface area contributed by atoms with Gasteiger partial charge in [-0.2, -0.15) is 0 Å². The molecule has 6 N–H and O–H groups in total. The van der Waals surface area contributed by atoms with Gasteiger partial charge in [0.25, 0.3) is 0 Å². The third-order valence-electron chi connectivity index (χ3n) is 6.12. The second-order valence-electron chi connectivity index (χ2n) is 10.1. The first kappa shape index (κ1) is 36.3. The fourth-order valence-corrected chi connectivity index (χ4v) is 4.07. The van der Waals surface area contributed by atoms with Crippen LogP contribution in [0.3, 0.4) is 0 Å². The Morgan fingerprint density at radius 2 is 1.59 bits per heavy atom. The minimum atomic E-state index is -0.879. The average Bonchev–Trinajstić information content (AvgIpc) is 2.96. The van der Waals surface area contributed by atoms with Gasteiger partial charge in [0.15, 0.2) is 5.78 Å². The number of ketones is 1. The molecule has 2 atom stereocenters. The van der Waals surface area contributed by atoms with Crippen molar-refractivity contribution >= 4 is 57.7 Å². The predicted molar refractivity (Wildman–Crippen MR) is 162 cm³/mol. The van der Waals surface area contributed by atoms with Crippen molar-refractivity contribution < 1.29 is 38.2 Å². The van der Waals surface area contributed by atoms with Crippen molar-refractivity contribution in [3.63, 3.8) is 0 Å². The molecule has 0 bridgehead atoms. The van der Waals surface area contributed by atoms with E-state index in [1.54, 1.807) is 32.0 Å². The molecular weight excluding hydrogens is 598 g/mol. The molecule has 44 heavy (non-hydrogen) atoms. The molecule has 0 fully saturated rings. The van der Waals surface area contributed by atoms with Gasteiger partial charge < -0.3 is 41.2 Å². The minimum absolute atomic E-state index is 0.117. The lowest BCUT2D eigenvalue weighted by Crippen LogP contribution is -2.54. The Balaban J connectivity index is 1.59. The zero-order chi connectivity index (χ0) is 32.5. The van der Waals surface area contributed by atoms with E-state index >= 15 is 0 Å². The number of nitrogens with zero attached hydrogens (tertiary/aromatic N) is 2. The molecule has 0 spiro atoms. The maximum atomic E-state index is 12.8. The third-order valence-corrected chi connectivity index (χ3v) is 6.42. The maximum Gasteiger partial charge on any atom is 0.312 e. The SMILES string of the molecule is CC(=O)[C@H](CCCNC(N)=O)NC(=O)[C@@H](NC(=O)COCCOCCOCC(=O)Nc1ccc2ncnc(Cl)c2c1)C(C)C. The number of hydrogen-bond donors (Lipinski definition) is 5. The number of fused-ring (bicyclic) bond motifs is 1. The van der Waals surface area contributed by atoms with Crippen LogP contribution in [-0.2, 0) is 33.4 Å². The quantitative estimate of drug-likeness (QED) is 0.102. The number of rotatable bonds is 20. The smallest absolute Gasteiger partial charge is 0.312 e. The van der Waals surface area contributed by atoms with Gasteiger partial charge in [-0.15, -0.1) is 0 Å². The van der Waals surface area contributed by atoms with Crippen molar-refractivity contribution in [1.29, 1.82) is 0 Å². The van der Waals surface area contributed by atoms with E-state index in [-0.39, 0.29) is 68.9 Å². The molecule has 16 heteroatoms. The lowest BCUT2D eigenvalue weighted by atomic mass is 10.0. The predicted octanol–water partition coefficient (Wildman–Crippen LogP) is 0.935. The van der Waals surface area contributed by atoms with Crippen LogP contribution < -0.4 is 27.0 Å². The highest BCUT2D eigenvalue weighted by atomic mass is 35.5. The molecule has 1 aromatic carbocycles. The highest BCUT2D eigenvalue weighted by Gasteiger charge is 2.27. The fourth-order valence-electron chi connectivity index (χ4n) is 3.87. The zero-order valence-corrected chi connectivity index (χ0v) is 25.8. The number of carbonyl (C=O) groups excluding carboxylic acids is 5. The Bertz CT molecular complexity index is 1280. The van der Waals surface area contributed by atoms with E-state index in [4.69, 9.17) is 31.5 Å². The molecule has 0 aliphatic rings. The molecule has 1 aromatic heterocycles. The molecule has 2 aromatic rings. The van der Waals surface area contributed by atoms with Crippen LogP contribution in [0.5, 0.6) is 0 Å². The van der Waals surface area contributed by atoms with E-state index in [0.29, 0.717) is 29.4 Å². The molecule has 0 aliphatic carbocycles. The van der Waals surface area contributed by atoms with E-state index in [2.05, 4.69) is 31.2 Å². The molecule has 0 unspecified atom stereocenters. The number of nitrogens with two attached hydrogens (primary N) is 1. The lowest BCUT2D eigenvalue weighted by molar-refractivity contribution is -0.134. The number of anilines is 1. The molecular formula is C28H40ClN7O8. The molecule has 0 aliphatic heterocycles. The number of primary amides is 1. The molecule has 2 rings (SSSR count). The standard InChI is InChI=1S/C28H40ClN7O8/c1-17(2)25(27(40)35-21(18(3)37)5-4-8-31-28(30)41)36-24(39)15-44-12-10-42-9-11-43-14-23(38)34-19-6-7-22-20(13-19)26(29)33-16-32-22/h6-7,13,16-17,21,25H,4-5,8-12,14-15H2,1-3H3,(H,34,38)(H,35,40)(H,36,39)(H3,30,31,41)/t21-,25-/m0/s1. The largest absolute Gasteiger partial charge is 0.377 e. The number of urea groups is 1. The molecule has 242 valence electrons. The average molecular weight is 638 g/mol. The number of carbonyl (C=O) groups is 5. The molecule has 1 heterocycles. The summed E-state index contributed by atoms with van der Waals surface area (Å²) < 4.78 is 16.0. The highest BCUT2D eigenvalue weighted by molar-refractivity contribution is 6.34. The number of Topliss-reactive ketones (excluding diaryl/α,β-unsaturated/α-hetero) is 1. The van der Waals surface area contributed by atoms with Crippen LogP contribution in [0.4, 0.5) is 10.5 Å².